The third-order valence-corrected chi connectivity index (χ3v) is 4.21. The number of hydrogen-bond donors (Lipinski definition) is 0. The molecule has 4 nitrogen and oxygen atoms in total. The molecule has 0 saturated carbocycles. The van der Waals surface area contributed by atoms with Crippen LogP contribution in [0, 0.1) is 5.82 Å². The van der Waals surface area contributed by atoms with Crippen molar-refractivity contribution in [3.8, 4) is 5.75 Å². The van der Waals surface area contributed by atoms with E-state index in [0.29, 0.717) is 12.1 Å². The molecule has 2 aromatic rings. The molecule has 1 aromatic carbocycles. The van der Waals surface area contributed by atoms with E-state index in [2.05, 4.69) is 9.55 Å². The number of rotatable bonds is 3. The van der Waals surface area contributed by atoms with Crippen molar-refractivity contribution in [3.05, 3.63) is 23.8 Å². The Morgan fingerprint density at radius 1 is 1.52 bits per heavy atom. The van der Waals surface area contributed by atoms with Gasteiger partial charge in [-0.15, -0.1) is 11.6 Å². The summed E-state index contributed by atoms with van der Waals surface area (Å²) in [5.74, 6) is 0.532. The van der Waals surface area contributed by atoms with Crippen molar-refractivity contribution < 1.29 is 13.9 Å². The van der Waals surface area contributed by atoms with Gasteiger partial charge in [0.15, 0.2) is 11.6 Å². The standard InChI is InChI=1S/C15H18ClFN2O2/c1-8(16)15-18-11-6-10(17)14(20-3)7-13(11)19(15)12-4-5-21-9(12)2/h6-9,12H,4-5H2,1-3H3. The molecule has 0 aliphatic carbocycles. The number of methoxy groups -OCH3 is 1. The molecule has 114 valence electrons. The summed E-state index contributed by atoms with van der Waals surface area (Å²) < 4.78 is 26.7. The zero-order chi connectivity index (χ0) is 15.1. The number of ether oxygens (including phenoxy) is 2. The minimum absolute atomic E-state index is 0.0765. The molecule has 0 spiro atoms. The Morgan fingerprint density at radius 2 is 2.29 bits per heavy atom. The van der Waals surface area contributed by atoms with E-state index < -0.39 is 5.82 Å². The monoisotopic (exact) mass is 312 g/mol. The van der Waals surface area contributed by atoms with E-state index in [1.54, 1.807) is 6.07 Å². The Balaban J connectivity index is 2.25. The molecule has 0 radical (unpaired) electrons. The van der Waals surface area contributed by atoms with E-state index in [0.717, 1.165) is 17.8 Å². The summed E-state index contributed by atoms with van der Waals surface area (Å²) in [7, 11) is 1.46. The van der Waals surface area contributed by atoms with Crippen molar-refractivity contribution in [2.45, 2.75) is 37.8 Å². The van der Waals surface area contributed by atoms with Crippen LogP contribution in [-0.2, 0) is 4.74 Å². The van der Waals surface area contributed by atoms with Crippen molar-refractivity contribution in [2.24, 2.45) is 0 Å². The summed E-state index contributed by atoms with van der Waals surface area (Å²) in [6, 6.07) is 3.24. The van der Waals surface area contributed by atoms with E-state index in [1.807, 2.05) is 13.8 Å². The van der Waals surface area contributed by atoms with Crippen LogP contribution in [-0.4, -0.2) is 29.4 Å². The molecule has 1 saturated heterocycles. The van der Waals surface area contributed by atoms with Crippen LogP contribution in [0.2, 0.25) is 0 Å². The zero-order valence-electron chi connectivity index (χ0n) is 12.3. The van der Waals surface area contributed by atoms with Crippen LogP contribution in [0.3, 0.4) is 0 Å². The molecule has 1 aromatic heterocycles. The minimum atomic E-state index is -0.417. The van der Waals surface area contributed by atoms with Crippen LogP contribution in [0.5, 0.6) is 5.75 Å². The van der Waals surface area contributed by atoms with Gasteiger partial charge in [0, 0.05) is 18.7 Å². The van der Waals surface area contributed by atoms with Gasteiger partial charge in [0.2, 0.25) is 0 Å². The lowest BCUT2D eigenvalue weighted by Gasteiger charge is -2.20. The molecule has 3 rings (SSSR count). The quantitative estimate of drug-likeness (QED) is 0.808. The number of fused-ring (bicyclic) bond motifs is 1. The Hall–Kier alpha value is -1.33. The maximum atomic E-state index is 13.9. The van der Waals surface area contributed by atoms with Gasteiger partial charge in [-0.3, -0.25) is 0 Å². The van der Waals surface area contributed by atoms with Gasteiger partial charge in [-0.2, -0.15) is 0 Å². The van der Waals surface area contributed by atoms with Gasteiger partial charge in [-0.25, -0.2) is 9.37 Å². The lowest BCUT2D eigenvalue weighted by molar-refractivity contribution is 0.108. The summed E-state index contributed by atoms with van der Waals surface area (Å²) in [5.41, 5.74) is 1.42. The van der Waals surface area contributed by atoms with Crippen molar-refractivity contribution >= 4 is 22.6 Å². The average molecular weight is 313 g/mol. The van der Waals surface area contributed by atoms with Gasteiger partial charge in [0.05, 0.1) is 35.7 Å². The fraction of sp³-hybridized carbons (Fsp3) is 0.533. The van der Waals surface area contributed by atoms with Crippen LogP contribution in [0.1, 0.15) is 37.5 Å². The number of aromatic nitrogens is 2. The van der Waals surface area contributed by atoms with Crippen LogP contribution < -0.4 is 4.74 Å². The number of hydrogen-bond acceptors (Lipinski definition) is 3. The molecule has 1 aliphatic rings. The van der Waals surface area contributed by atoms with Crippen molar-refractivity contribution in [1.29, 1.82) is 0 Å². The van der Waals surface area contributed by atoms with E-state index in [-0.39, 0.29) is 23.3 Å². The summed E-state index contributed by atoms with van der Waals surface area (Å²) in [5, 5.41) is -0.265. The highest BCUT2D eigenvalue weighted by Crippen LogP contribution is 2.36. The maximum Gasteiger partial charge on any atom is 0.167 e. The first kappa shape index (κ1) is 14.6. The molecule has 3 unspecified atom stereocenters. The Bertz CT molecular complexity index is 671. The lowest BCUT2D eigenvalue weighted by atomic mass is 10.1. The van der Waals surface area contributed by atoms with Gasteiger partial charge in [0.25, 0.3) is 0 Å². The molecule has 2 heterocycles. The number of alkyl halides is 1. The SMILES string of the molecule is COc1cc2c(cc1F)nc(C(C)Cl)n2C1CCOC1C. The van der Waals surface area contributed by atoms with Crippen LogP contribution >= 0.6 is 11.6 Å². The summed E-state index contributed by atoms with van der Waals surface area (Å²) in [6.45, 7) is 4.61. The second-order valence-corrected chi connectivity index (χ2v) is 6.02. The molecular formula is C15H18ClFN2O2. The highest BCUT2D eigenvalue weighted by atomic mass is 35.5. The molecule has 0 amide bonds. The number of imidazole rings is 1. The first-order valence-corrected chi connectivity index (χ1v) is 7.47. The predicted octanol–water partition coefficient (Wildman–Crippen LogP) is 3.83. The molecular weight excluding hydrogens is 295 g/mol. The largest absolute Gasteiger partial charge is 0.494 e. The highest BCUT2D eigenvalue weighted by Gasteiger charge is 2.31. The Morgan fingerprint density at radius 3 is 2.86 bits per heavy atom. The second kappa shape index (κ2) is 5.46. The number of nitrogens with zero attached hydrogens (tertiary/aromatic N) is 2. The Kier molecular flexibility index (Phi) is 3.80. The molecule has 1 fully saturated rings. The van der Waals surface area contributed by atoms with Gasteiger partial charge in [0.1, 0.15) is 5.82 Å². The van der Waals surface area contributed by atoms with Gasteiger partial charge < -0.3 is 14.0 Å². The fourth-order valence-electron chi connectivity index (χ4n) is 2.96. The number of benzene rings is 1. The van der Waals surface area contributed by atoms with E-state index in [1.165, 1.54) is 13.2 Å². The lowest BCUT2D eigenvalue weighted by Crippen LogP contribution is -2.19. The number of halogens is 2. The Labute approximate surface area is 127 Å². The molecule has 21 heavy (non-hydrogen) atoms. The van der Waals surface area contributed by atoms with Crippen LogP contribution in [0.25, 0.3) is 11.0 Å². The maximum absolute atomic E-state index is 13.9. The van der Waals surface area contributed by atoms with Crippen LogP contribution in [0.4, 0.5) is 4.39 Å². The average Bonchev–Trinajstić information content (AvgIpc) is 3.00. The van der Waals surface area contributed by atoms with E-state index in [4.69, 9.17) is 21.1 Å². The normalized spacial score (nSPS) is 23.7. The molecule has 0 N–H and O–H groups in total. The van der Waals surface area contributed by atoms with Crippen molar-refractivity contribution in [1.82, 2.24) is 9.55 Å². The molecule has 6 heteroatoms. The minimum Gasteiger partial charge on any atom is -0.494 e. The topological polar surface area (TPSA) is 36.3 Å². The fourth-order valence-corrected chi connectivity index (χ4v) is 3.11. The molecule has 3 atom stereocenters. The smallest absolute Gasteiger partial charge is 0.167 e. The van der Waals surface area contributed by atoms with Crippen molar-refractivity contribution in [3.63, 3.8) is 0 Å². The van der Waals surface area contributed by atoms with Crippen molar-refractivity contribution in [2.75, 3.05) is 13.7 Å². The zero-order valence-corrected chi connectivity index (χ0v) is 13.0. The first-order chi connectivity index (χ1) is 10.0. The van der Waals surface area contributed by atoms with Gasteiger partial charge >= 0.3 is 0 Å². The van der Waals surface area contributed by atoms with Crippen LogP contribution in [0.15, 0.2) is 12.1 Å². The van der Waals surface area contributed by atoms with E-state index in [9.17, 15) is 4.39 Å². The summed E-state index contributed by atoms with van der Waals surface area (Å²) in [4.78, 5) is 4.51. The highest BCUT2D eigenvalue weighted by molar-refractivity contribution is 6.20. The van der Waals surface area contributed by atoms with Gasteiger partial charge in [-0.1, -0.05) is 0 Å². The second-order valence-electron chi connectivity index (χ2n) is 5.36. The third-order valence-electron chi connectivity index (χ3n) is 4.01. The van der Waals surface area contributed by atoms with Gasteiger partial charge in [-0.05, 0) is 20.3 Å². The predicted molar refractivity (Wildman–Crippen MR) is 79.6 cm³/mol. The first-order valence-electron chi connectivity index (χ1n) is 7.04. The van der Waals surface area contributed by atoms with E-state index >= 15 is 0 Å². The molecule has 0 bridgehead atoms. The summed E-state index contributed by atoms with van der Waals surface area (Å²) >= 11 is 6.27. The third kappa shape index (κ3) is 2.38. The molecule has 1 aliphatic heterocycles. The summed E-state index contributed by atoms with van der Waals surface area (Å²) in [6.07, 6.45) is 0.968.